The minimum absolute atomic E-state index is 0.0367. The van der Waals surface area contributed by atoms with Crippen molar-refractivity contribution in [2.45, 2.75) is 59.8 Å². The predicted molar refractivity (Wildman–Crippen MR) is 128 cm³/mol. The number of pyridine rings is 1. The van der Waals surface area contributed by atoms with Gasteiger partial charge in [-0.1, -0.05) is 24.2 Å². The van der Waals surface area contributed by atoms with Gasteiger partial charge in [0, 0.05) is 24.8 Å². The molecule has 0 fully saturated rings. The first kappa shape index (κ1) is 24.4. The minimum Gasteiger partial charge on any atom is -0.474 e. The normalized spacial score (nSPS) is 14.9. The number of amides is 1. The summed E-state index contributed by atoms with van der Waals surface area (Å²) < 4.78 is 11.1. The summed E-state index contributed by atoms with van der Waals surface area (Å²) in [4.78, 5) is 23.3. The van der Waals surface area contributed by atoms with E-state index in [9.17, 15) is 15.2 Å². The van der Waals surface area contributed by atoms with Crippen LogP contribution in [0.1, 0.15) is 49.9 Å². The second-order valence-electron chi connectivity index (χ2n) is 9.19. The molecule has 2 atom stereocenters. The molecule has 3 aromatic rings. The maximum atomic E-state index is 12.7. The van der Waals surface area contributed by atoms with Crippen LogP contribution in [-0.4, -0.2) is 49.8 Å². The zero-order chi connectivity index (χ0) is 25.3. The topological polar surface area (TPSA) is 125 Å². The molecule has 0 aliphatic carbocycles. The van der Waals surface area contributed by atoms with E-state index in [1.165, 1.54) is 5.56 Å². The highest BCUT2D eigenvalue weighted by atomic mass is 16.5. The number of hydrogen-bond acceptors (Lipinski definition) is 8. The number of nitriles is 1. The van der Waals surface area contributed by atoms with Crippen molar-refractivity contribution >= 4 is 5.91 Å². The lowest BCUT2D eigenvalue weighted by molar-refractivity contribution is -0.139. The molecule has 1 aliphatic rings. The number of ether oxygens (including phenoxy) is 1. The maximum absolute atomic E-state index is 12.7. The smallest absolute Gasteiger partial charge is 0.259 e. The lowest BCUT2D eigenvalue weighted by Crippen LogP contribution is -2.42. The summed E-state index contributed by atoms with van der Waals surface area (Å²) in [6.45, 7) is 10.3. The first-order chi connectivity index (χ1) is 16.7. The Morgan fingerprint density at radius 2 is 2.06 bits per heavy atom. The first-order valence-electron chi connectivity index (χ1n) is 11.7. The third-order valence-corrected chi connectivity index (χ3v) is 6.35. The average molecular weight is 476 g/mol. The Kier molecular flexibility index (Phi) is 6.85. The number of aliphatic hydroxyl groups excluding tert-OH is 1. The Bertz CT molecular complexity index is 1290. The van der Waals surface area contributed by atoms with Gasteiger partial charge in [0.15, 0.2) is 0 Å². The van der Waals surface area contributed by atoms with Crippen LogP contribution in [0.4, 0.5) is 0 Å². The third kappa shape index (κ3) is 4.88. The molecule has 1 aliphatic heterocycles. The number of aromatic nitrogens is 3. The monoisotopic (exact) mass is 475 g/mol. The zero-order valence-corrected chi connectivity index (χ0v) is 20.6. The highest BCUT2D eigenvalue weighted by Gasteiger charge is 2.28. The van der Waals surface area contributed by atoms with Gasteiger partial charge >= 0.3 is 0 Å². The standard InChI is InChI=1S/C26H29N5O4/c1-14(2)34-24-19(11-27)10-20(12-28-24)25-29-23(30-35-25)22-7-6-18-13-31(9-8-21(18)16(22)4)26(33)15(3)17(5)32/h6-7,10,12,14-15,17,32H,8-9,13H2,1-5H3/t15-,17+/m0/s1. The number of fused-ring (bicyclic) bond motifs is 1. The van der Waals surface area contributed by atoms with Crippen molar-refractivity contribution in [3.8, 4) is 34.8 Å². The largest absolute Gasteiger partial charge is 0.474 e. The van der Waals surface area contributed by atoms with Gasteiger partial charge in [-0.3, -0.25) is 4.79 Å². The first-order valence-corrected chi connectivity index (χ1v) is 11.7. The van der Waals surface area contributed by atoms with Crippen LogP contribution >= 0.6 is 0 Å². The molecule has 0 bridgehead atoms. The number of carbonyl (C=O) groups is 1. The molecule has 35 heavy (non-hydrogen) atoms. The lowest BCUT2D eigenvalue weighted by Gasteiger charge is -2.32. The summed E-state index contributed by atoms with van der Waals surface area (Å²) >= 11 is 0. The van der Waals surface area contributed by atoms with Crippen molar-refractivity contribution in [1.29, 1.82) is 5.26 Å². The van der Waals surface area contributed by atoms with Crippen LogP contribution in [-0.2, 0) is 17.8 Å². The zero-order valence-electron chi connectivity index (χ0n) is 20.6. The summed E-state index contributed by atoms with van der Waals surface area (Å²) in [5.74, 6) is 0.512. The summed E-state index contributed by atoms with van der Waals surface area (Å²) in [7, 11) is 0. The Morgan fingerprint density at radius 1 is 1.29 bits per heavy atom. The van der Waals surface area contributed by atoms with Crippen LogP contribution in [0.25, 0.3) is 22.8 Å². The van der Waals surface area contributed by atoms with Gasteiger partial charge in [0.25, 0.3) is 5.89 Å². The van der Waals surface area contributed by atoms with Crippen LogP contribution in [0.15, 0.2) is 28.9 Å². The van der Waals surface area contributed by atoms with Gasteiger partial charge in [-0.25, -0.2) is 4.98 Å². The molecule has 0 saturated carbocycles. The summed E-state index contributed by atoms with van der Waals surface area (Å²) in [6.07, 6.45) is 1.48. The molecule has 1 aromatic carbocycles. The summed E-state index contributed by atoms with van der Waals surface area (Å²) in [6, 6.07) is 7.66. The fourth-order valence-electron chi connectivity index (χ4n) is 4.18. The van der Waals surface area contributed by atoms with Crippen molar-refractivity contribution in [2.24, 2.45) is 5.92 Å². The van der Waals surface area contributed by atoms with Crippen LogP contribution in [0.2, 0.25) is 0 Å². The minimum atomic E-state index is -0.682. The Balaban J connectivity index is 1.58. The second kappa shape index (κ2) is 9.84. The fraction of sp³-hybridized carbons (Fsp3) is 0.423. The molecule has 9 heteroatoms. The van der Waals surface area contributed by atoms with Crippen molar-refractivity contribution in [2.75, 3.05) is 6.54 Å². The van der Waals surface area contributed by atoms with E-state index in [4.69, 9.17) is 9.26 Å². The quantitative estimate of drug-likeness (QED) is 0.572. The number of benzene rings is 1. The van der Waals surface area contributed by atoms with Crippen LogP contribution < -0.4 is 4.74 Å². The van der Waals surface area contributed by atoms with Crippen molar-refractivity contribution in [3.05, 3.63) is 46.6 Å². The molecule has 0 radical (unpaired) electrons. The molecule has 0 saturated heterocycles. The number of carbonyl (C=O) groups excluding carboxylic acids is 1. The molecule has 1 amide bonds. The van der Waals surface area contributed by atoms with Gasteiger partial charge < -0.3 is 19.3 Å². The molecular weight excluding hydrogens is 446 g/mol. The van der Waals surface area contributed by atoms with Gasteiger partial charge in [0.1, 0.15) is 11.6 Å². The second-order valence-corrected chi connectivity index (χ2v) is 9.19. The van der Waals surface area contributed by atoms with Gasteiger partial charge in [0.2, 0.25) is 17.6 Å². The Hall–Kier alpha value is -3.77. The highest BCUT2D eigenvalue weighted by molar-refractivity contribution is 5.79. The van der Waals surface area contributed by atoms with Crippen LogP contribution in [0.5, 0.6) is 5.88 Å². The Labute approximate surface area is 204 Å². The van der Waals surface area contributed by atoms with Crippen molar-refractivity contribution < 1.29 is 19.2 Å². The average Bonchev–Trinajstić information content (AvgIpc) is 3.33. The van der Waals surface area contributed by atoms with Crippen molar-refractivity contribution in [1.82, 2.24) is 20.0 Å². The van der Waals surface area contributed by atoms with E-state index >= 15 is 0 Å². The molecule has 0 spiro atoms. The molecule has 2 aromatic heterocycles. The molecule has 182 valence electrons. The number of rotatable bonds is 6. The van der Waals surface area contributed by atoms with E-state index in [0.717, 1.165) is 16.7 Å². The highest BCUT2D eigenvalue weighted by Crippen LogP contribution is 2.32. The molecule has 3 heterocycles. The van der Waals surface area contributed by atoms with Gasteiger partial charge in [-0.05, 0) is 56.9 Å². The molecular formula is C26H29N5O4. The van der Waals surface area contributed by atoms with Crippen LogP contribution in [0.3, 0.4) is 0 Å². The molecule has 9 nitrogen and oxygen atoms in total. The van der Waals surface area contributed by atoms with E-state index in [1.54, 1.807) is 31.0 Å². The van der Waals surface area contributed by atoms with E-state index in [2.05, 4.69) is 21.2 Å². The van der Waals surface area contributed by atoms with Crippen LogP contribution in [0, 0.1) is 24.2 Å². The summed E-state index contributed by atoms with van der Waals surface area (Å²) in [5, 5.41) is 23.4. The Morgan fingerprint density at radius 3 is 2.74 bits per heavy atom. The third-order valence-electron chi connectivity index (χ3n) is 6.35. The van der Waals surface area contributed by atoms with Crippen molar-refractivity contribution in [3.63, 3.8) is 0 Å². The maximum Gasteiger partial charge on any atom is 0.259 e. The number of aliphatic hydroxyl groups is 1. The number of hydrogen-bond donors (Lipinski definition) is 1. The molecule has 0 unspecified atom stereocenters. The lowest BCUT2D eigenvalue weighted by atomic mass is 9.90. The van der Waals surface area contributed by atoms with Gasteiger partial charge in [-0.2, -0.15) is 10.2 Å². The number of nitrogens with zero attached hydrogens (tertiary/aromatic N) is 5. The SMILES string of the molecule is Cc1c(-c2noc(-c3cnc(OC(C)C)c(C#N)c3)n2)ccc2c1CCN(C(=O)[C@@H](C)[C@@H](C)O)C2. The summed E-state index contributed by atoms with van der Waals surface area (Å²) in [5.41, 5.74) is 4.98. The van der Waals surface area contributed by atoms with E-state index in [0.29, 0.717) is 36.5 Å². The van der Waals surface area contributed by atoms with E-state index < -0.39 is 12.0 Å². The fourth-order valence-corrected chi connectivity index (χ4v) is 4.18. The van der Waals surface area contributed by atoms with Gasteiger partial charge in [-0.15, -0.1) is 0 Å². The van der Waals surface area contributed by atoms with E-state index in [1.807, 2.05) is 32.9 Å². The predicted octanol–water partition coefficient (Wildman–Crippen LogP) is 3.67. The molecule has 4 rings (SSSR count). The van der Waals surface area contributed by atoms with E-state index in [-0.39, 0.29) is 23.8 Å². The molecule has 1 N–H and O–H groups in total. The van der Waals surface area contributed by atoms with Gasteiger partial charge in [0.05, 0.1) is 23.7 Å².